The SMILES string of the molecule is CC(C)c1cc(N(C)CC(O)COCc2ccccc2F)n[nH]1. The molecule has 23 heavy (non-hydrogen) atoms. The molecule has 1 atom stereocenters. The summed E-state index contributed by atoms with van der Waals surface area (Å²) in [5.41, 5.74) is 1.54. The molecule has 0 aliphatic rings. The average Bonchev–Trinajstić information content (AvgIpc) is 2.99. The molecule has 0 bridgehead atoms. The highest BCUT2D eigenvalue weighted by molar-refractivity contribution is 5.39. The van der Waals surface area contributed by atoms with Crippen molar-refractivity contribution in [3.8, 4) is 0 Å². The van der Waals surface area contributed by atoms with Crippen molar-refractivity contribution in [3.05, 3.63) is 47.4 Å². The number of nitrogens with zero attached hydrogens (tertiary/aromatic N) is 2. The molecule has 1 aromatic heterocycles. The number of likely N-dealkylation sites (N-methyl/N-ethyl adjacent to an activating group) is 1. The summed E-state index contributed by atoms with van der Waals surface area (Å²) in [6.07, 6.45) is -0.675. The number of hydrogen-bond donors (Lipinski definition) is 2. The molecule has 5 nitrogen and oxygen atoms in total. The largest absolute Gasteiger partial charge is 0.389 e. The van der Waals surface area contributed by atoms with Gasteiger partial charge in [-0.05, 0) is 12.0 Å². The second kappa shape index (κ2) is 8.08. The van der Waals surface area contributed by atoms with Gasteiger partial charge in [0.25, 0.3) is 0 Å². The van der Waals surface area contributed by atoms with Crippen LogP contribution in [0.25, 0.3) is 0 Å². The van der Waals surface area contributed by atoms with Crippen LogP contribution in [0, 0.1) is 5.82 Å². The maximum atomic E-state index is 13.5. The first-order chi connectivity index (χ1) is 11.0. The van der Waals surface area contributed by atoms with Gasteiger partial charge in [0.2, 0.25) is 0 Å². The zero-order chi connectivity index (χ0) is 16.8. The van der Waals surface area contributed by atoms with Gasteiger partial charge >= 0.3 is 0 Å². The summed E-state index contributed by atoms with van der Waals surface area (Å²) in [6, 6.07) is 8.43. The van der Waals surface area contributed by atoms with Crippen LogP contribution in [0.1, 0.15) is 31.0 Å². The number of aliphatic hydroxyl groups is 1. The first-order valence-electron chi connectivity index (χ1n) is 7.73. The lowest BCUT2D eigenvalue weighted by atomic mass is 10.1. The lowest BCUT2D eigenvalue weighted by Crippen LogP contribution is -2.32. The molecule has 2 rings (SSSR count). The molecule has 0 saturated carbocycles. The standard InChI is InChI=1S/C17H24FN3O2/c1-12(2)16-8-17(20-19-16)21(3)9-14(22)11-23-10-13-6-4-5-7-15(13)18/h4-8,12,14,22H,9-11H2,1-3H3,(H,19,20). The summed E-state index contributed by atoms with van der Waals surface area (Å²) < 4.78 is 18.8. The zero-order valence-electron chi connectivity index (χ0n) is 13.8. The number of aromatic nitrogens is 2. The summed E-state index contributed by atoms with van der Waals surface area (Å²) in [6.45, 7) is 4.85. The number of rotatable bonds is 8. The number of ether oxygens (including phenoxy) is 1. The molecule has 1 heterocycles. The molecule has 2 N–H and O–H groups in total. The minimum Gasteiger partial charge on any atom is -0.389 e. The molecule has 0 saturated heterocycles. The molecule has 0 aliphatic heterocycles. The van der Waals surface area contributed by atoms with E-state index in [0.29, 0.717) is 18.0 Å². The summed E-state index contributed by atoms with van der Waals surface area (Å²) in [5, 5.41) is 17.3. The Labute approximate surface area is 136 Å². The lowest BCUT2D eigenvalue weighted by molar-refractivity contribution is 0.0313. The normalized spacial score (nSPS) is 12.6. The van der Waals surface area contributed by atoms with Crippen molar-refractivity contribution < 1.29 is 14.2 Å². The summed E-state index contributed by atoms with van der Waals surface area (Å²) >= 11 is 0. The Hall–Kier alpha value is -1.92. The van der Waals surface area contributed by atoms with Crippen LogP contribution in [-0.4, -0.2) is 41.6 Å². The topological polar surface area (TPSA) is 61.4 Å². The van der Waals surface area contributed by atoms with Crippen molar-refractivity contribution in [2.24, 2.45) is 0 Å². The van der Waals surface area contributed by atoms with E-state index in [9.17, 15) is 9.50 Å². The Kier molecular flexibility index (Phi) is 6.12. The number of aliphatic hydroxyl groups excluding tert-OH is 1. The Morgan fingerprint density at radius 3 is 2.74 bits per heavy atom. The fourth-order valence-corrected chi connectivity index (χ4v) is 2.20. The van der Waals surface area contributed by atoms with Gasteiger partial charge in [0, 0.05) is 30.9 Å². The number of benzene rings is 1. The van der Waals surface area contributed by atoms with Gasteiger partial charge in [-0.2, -0.15) is 5.10 Å². The molecule has 126 valence electrons. The van der Waals surface area contributed by atoms with Crippen LogP contribution in [-0.2, 0) is 11.3 Å². The molecule has 0 amide bonds. The van der Waals surface area contributed by atoms with Gasteiger partial charge in [-0.1, -0.05) is 32.0 Å². The highest BCUT2D eigenvalue weighted by atomic mass is 19.1. The Bertz CT molecular complexity index is 615. The Balaban J connectivity index is 1.77. The van der Waals surface area contributed by atoms with Crippen molar-refractivity contribution in [3.63, 3.8) is 0 Å². The van der Waals surface area contributed by atoms with Crippen LogP contribution in [0.2, 0.25) is 0 Å². The van der Waals surface area contributed by atoms with E-state index in [1.54, 1.807) is 18.2 Å². The molecule has 0 fully saturated rings. The fraction of sp³-hybridized carbons (Fsp3) is 0.471. The van der Waals surface area contributed by atoms with E-state index >= 15 is 0 Å². The van der Waals surface area contributed by atoms with Gasteiger partial charge in [-0.25, -0.2) is 4.39 Å². The second-order valence-electron chi connectivity index (χ2n) is 5.98. The molecule has 6 heteroatoms. The highest BCUT2D eigenvalue weighted by Crippen LogP contribution is 2.17. The van der Waals surface area contributed by atoms with Crippen LogP contribution in [0.3, 0.4) is 0 Å². The minimum absolute atomic E-state index is 0.139. The van der Waals surface area contributed by atoms with E-state index in [-0.39, 0.29) is 19.0 Å². The van der Waals surface area contributed by atoms with Gasteiger partial charge in [0.1, 0.15) is 11.6 Å². The third kappa shape index (κ3) is 5.04. The third-order valence-electron chi connectivity index (χ3n) is 3.61. The maximum absolute atomic E-state index is 13.5. The quantitative estimate of drug-likeness (QED) is 0.785. The predicted octanol–water partition coefficient (Wildman–Crippen LogP) is 2.69. The minimum atomic E-state index is -0.675. The molecule has 1 aromatic carbocycles. The number of nitrogens with one attached hydrogen (secondary N) is 1. The van der Waals surface area contributed by atoms with E-state index in [0.717, 1.165) is 11.5 Å². The van der Waals surface area contributed by atoms with E-state index in [4.69, 9.17) is 4.74 Å². The van der Waals surface area contributed by atoms with Crippen LogP contribution in [0.4, 0.5) is 10.2 Å². The smallest absolute Gasteiger partial charge is 0.150 e. The maximum Gasteiger partial charge on any atom is 0.150 e. The summed E-state index contributed by atoms with van der Waals surface area (Å²) in [5.74, 6) is 0.859. The van der Waals surface area contributed by atoms with Gasteiger partial charge in [0.15, 0.2) is 0 Å². The van der Waals surface area contributed by atoms with Crippen molar-refractivity contribution in [1.82, 2.24) is 10.2 Å². The number of halogens is 1. The van der Waals surface area contributed by atoms with Crippen LogP contribution >= 0.6 is 0 Å². The van der Waals surface area contributed by atoms with E-state index in [1.165, 1.54) is 6.07 Å². The van der Waals surface area contributed by atoms with E-state index in [2.05, 4.69) is 24.0 Å². The van der Waals surface area contributed by atoms with Crippen LogP contribution in [0.15, 0.2) is 30.3 Å². The zero-order valence-corrected chi connectivity index (χ0v) is 13.8. The van der Waals surface area contributed by atoms with Gasteiger partial charge in [-0.3, -0.25) is 5.10 Å². The lowest BCUT2D eigenvalue weighted by Gasteiger charge is -2.20. The fourth-order valence-electron chi connectivity index (χ4n) is 2.20. The second-order valence-corrected chi connectivity index (χ2v) is 5.98. The first-order valence-corrected chi connectivity index (χ1v) is 7.73. The summed E-state index contributed by atoms with van der Waals surface area (Å²) in [7, 11) is 1.86. The third-order valence-corrected chi connectivity index (χ3v) is 3.61. The Morgan fingerprint density at radius 2 is 2.09 bits per heavy atom. The van der Waals surface area contributed by atoms with Crippen molar-refractivity contribution >= 4 is 5.82 Å². The van der Waals surface area contributed by atoms with Crippen LogP contribution in [0.5, 0.6) is 0 Å². The number of anilines is 1. The van der Waals surface area contributed by atoms with Crippen LogP contribution < -0.4 is 4.90 Å². The van der Waals surface area contributed by atoms with E-state index < -0.39 is 6.10 Å². The van der Waals surface area contributed by atoms with Gasteiger partial charge < -0.3 is 14.7 Å². The molecular weight excluding hydrogens is 297 g/mol. The summed E-state index contributed by atoms with van der Waals surface area (Å²) in [4.78, 5) is 1.86. The molecule has 0 aliphatic carbocycles. The Morgan fingerprint density at radius 1 is 1.35 bits per heavy atom. The number of aromatic amines is 1. The number of hydrogen-bond acceptors (Lipinski definition) is 4. The molecule has 2 aromatic rings. The molecule has 0 radical (unpaired) electrons. The molecular formula is C17H24FN3O2. The van der Waals surface area contributed by atoms with E-state index in [1.807, 2.05) is 18.0 Å². The number of H-pyrrole nitrogens is 1. The van der Waals surface area contributed by atoms with Crippen molar-refractivity contribution in [2.45, 2.75) is 32.5 Å². The monoisotopic (exact) mass is 321 g/mol. The van der Waals surface area contributed by atoms with Gasteiger partial charge in [-0.15, -0.1) is 0 Å². The molecule has 1 unspecified atom stereocenters. The highest BCUT2D eigenvalue weighted by Gasteiger charge is 2.13. The first kappa shape index (κ1) is 17.4. The van der Waals surface area contributed by atoms with Crippen molar-refractivity contribution in [1.29, 1.82) is 0 Å². The van der Waals surface area contributed by atoms with Gasteiger partial charge in [0.05, 0.1) is 19.3 Å². The predicted molar refractivity (Wildman–Crippen MR) is 88.0 cm³/mol. The molecule has 0 spiro atoms. The average molecular weight is 321 g/mol. The van der Waals surface area contributed by atoms with Crippen molar-refractivity contribution in [2.75, 3.05) is 25.1 Å².